The minimum absolute atomic E-state index is 0.445. The van der Waals surface area contributed by atoms with Gasteiger partial charge in [0.25, 0.3) is 11.8 Å². The molecular weight excluding hydrogens is 608 g/mol. The zero-order valence-corrected chi connectivity index (χ0v) is 26.7. The fourth-order valence-corrected chi connectivity index (χ4v) is 6.61. The Hall–Kier alpha value is -5.84. The summed E-state index contributed by atoms with van der Waals surface area (Å²) in [6.45, 7) is 7.42. The van der Waals surface area contributed by atoms with Gasteiger partial charge in [-0.2, -0.15) is 0 Å². The molecule has 2 aliphatic heterocycles. The highest BCUT2D eigenvalue weighted by molar-refractivity contribution is 6.08. The number of anilines is 2. The molecule has 0 aliphatic carbocycles. The number of carbonyl (C=O) groups is 2. The summed E-state index contributed by atoms with van der Waals surface area (Å²) in [6.07, 6.45) is 0. The number of fused-ring (bicyclic) bond motifs is 2. The van der Waals surface area contributed by atoms with E-state index in [0.717, 1.165) is 33.6 Å². The van der Waals surface area contributed by atoms with Crippen molar-refractivity contribution in [2.24, 2.45) is 0 Å². The molecule has 48 heavy (non-hydrogen) atoms. The Morgan fingerprint density at radius 2 is 0.938 bits per heavy atom. The summed E-state index contributed by atoms with van der Waals surface area (Å²) in [6, 6.07) is 28.9. The number of rotatable bonds is 4. The average Bonchev–Trinajstić information content (AvgIpc) is 3.78. The minimum atomic E-state index is -1.70. The number of hydrogen-bond donors (Lipinski definition) is 4. The van der Waals surface area contributed by atoms with Gasteiger partial charge in [0.2, 0.25) is 0 Å². The number of aryl methyl sites for hydroxylation is 4. The minimum Gasteiger partial charge on any atom is -0.372 e. The smallest absolute Gasteiger partial charge is 0.265 e. The molecule has 2 amide bonds. The largest absolute Gasteiger partial charge is 0.372 e. The summed E-state index contributed by atoms with van der Waals surface area (Å²) in [4.78, 5) is 25.0. The molecule has 8 rings (SSSR count). The van der Waals surface area contributed by atoms with Crippen LogP contribution in [-0.4, -0.2) is 32.3 Å². The molecule has 10 heteroatoms. The first-order valence-electron chi connectivity index (χ1n) is 15.4. The van der Waals surface area contributed by atoms with Crippen LogP contribution in [0.3, 0.4) is 0 Å². The van der Waals surface area contributed by atoms with E-state index in [1.54, 1.807) is 60.7 Å². The highest BCUT2D eigenvalue weighted by Crippen LogP contribution is 2.44. The first-order chi connectivity index (χ1) is 23.0. The zero-order valence-electron chi connectivity index (χ0n) is 26.7. The Bertz CT molecular complexity index is 2010. The quantitative estimate of drug-likeness (QED) is 0.176. The van der Waals surface area contributed by atoms with E-state index >= 15 is 0 Å². The Morgan fingerprint density at radius 1 is 0.562 bits per heavy atom. The van der Waals surface area contributed by atoms with Gasteiger partial charge < -0.3 is 29.9 Å². The fourth-order valence-electron chi connectivity index (χ4n) is 6.61. The molecule has 0 saturated carbocycles. The molecule has 2 aromatic heterocycles. The Labute approximate surface area is 276 Å². The van der Waals surface area contributed by atoms with E-state index in [1.807, 2.05) is 64.1 Å². The standard InChI is InChI=1S/2C19H16N2O3/c2*1-11-17(12(2)24-21-11)13-8-9-16-15(10-13)19(23,18(22)20-16)14-6-4-3-5-7-14/h2*3-10,23H,1-2H3,(H,20,22). The lowest BCUT2D eigenvalue weighted by atomic mass is 9.86. The Kier molecular flexibility index (Phi) is 7.34. The second-order valence-electron chi connectivity index (χ2n) is 12.0. The third-order valence-corrected chi connectivity index (χ3v) is 9.00. The molecule has 240 valence electrons. The number of carbonyl (C=O) groups excluding carboxylic acids is 2. The molecule has 4 aromatic carbocycles. The number of nitrogens with zero attached hydrogens (tertiary/aromatic N) is 2. The van der Waals surface area contributed by atoms with Crippen molar-refractivity contribution < 1.29 is 28.8 Å². The first kappa shape index (κ1) is 30.8. The Balaban J connectivity index is 0.000000152. The third kappa shape index (κ3) is 4.73. The predicted molar refractivity (Wildman–Crippen MR) is 179 cm³/mol. The summed E-state index contributed by atoms with van der Waals surface area (Å²) in [5.41, 5.74) is 5.00. The van der Waals surface area contributed by atoms with Crippen molar-refractivity contribution >= 4 is 23.2 Å². The summed E-state index contributed by atoms with van der Waals surface area (Å²) in [5.74, 6) is 0.514. The number of hydrogen-bond acceptors (Lipinski definition) is 8. The molecule has 2 unspecified atom stereocenters. The first-order valence-corrected chi connectivity index (χ1v) is 15.4. The third-order valence-electron chi connectivity index (χ3n) is 9.00. The van der Waals surface area contributed by atoms with Crippen LogP contribution in [0, 0.1) is 27.7 Å². The van der Waals surface area contributed by atoms with Gasteiger partial charge in [0.15, 0.2) is 11.2 Å². The van der Waals surface area contributed by atoms with Crippen LogP contribution in [0.1, 0.15) is 45.2 Å². The molecule has 4 heterocycles. The number of aromatic nitrogens is 2. The SMILES string of the molecule is Cc1noc(C)c1-c1ccc2c(c1)C(O)(c1ccccc1)C(=O)N2.Cc1noc(C)c1-c1ccc2c(c1)C(O)(c1ccccc1)C(=O)N2. The van der Waals surface area contributed by atoms with E-state index in [4.69, 9.17) is 9.05 Å². The maximum atomic E-state index is 12.5. The van der Waals surface area contributed by atoms with Crippen molar-refractivity contribution in [3.8, 4) is 22.3 Å². The molecule has 10 nitrogen and oxygen atoms in total. The molecule has 2 atom stereocenters. The topological polar surface area (TPSA) is 151 Å². The molecule has 0 bridgehead atoms. The van der Waals surface area contributed by atoms with Gasteiger partial charge in [0.05, 0.1) is 11.4 Å². The predicted octanol–water partition coefficient (Wildman–Crippen LogP) is 6.29. The van der Waals surface area contributed by atoms with Crippen molar-refractivity contribution in [2.45, 2.75) is 38.9 Å². The molecule has 0 fully saturated rings. The second kappa shape index (κ2) is 11.4. The van der Waals surface area contributed by atoms with E-state index < -0.39 is 23.0 Å². The van der Waals surface area contributed by atoms with E-state index in [-0.39, 0.29) is 0 Å². The van der Waals surface area contributed by atoms with Crippen molar-refractivity contribution in [1.82, 2.24) is 10.3 Å². The van der Waals surface area contributed by atoms with Crippen LogP contribution in [0.2, 0.25) is 0 Å². The number of amides is 2. The highest BCUT2D eigenvalue weighted by Gasteiger charge is 2.48. The van der Waals surface area contributed by atoms with Crippen LogP contribution in [0.15, 0.2) is 106 Å². The Morgan fingerprint density at radius 3 is 1.27 bits per heavy atom. The average molecular weight is 641 g/mol. The van der Waals surface area contributed by atoms with Crippen LogP contribution in [0.5, 0.6) is 0 Å². The van der Waals surface area contributed by atoms with Crippen molar-refractivity contribution in [3.63, 3.8) is 0 Å². The lowest BCUT2D eigenvalue weighted by Crippen LogP contribution is -2.35. The van der Waals surface area contributed by atoms with Gasteiger partial charge in [-0.05, 0) is 74.2 Å². The number of aliphatic hydroxyl groups is 2. The monoisotopic (exact) mass is 640 g/mol. The van der Waals surface area contributed by atoms with Crippen molar-refractivity contribution in [3.05, 3.63) is 142 Å². The van der Waals surface area contributed by atoms with Gasteiger partial charge in [0.1, 0.15) is 11.5 Å². The maximum Gasteiger partial charge on any atom is 0.265 e. The molecule has 0 radical (unpaired) electrons. The van der Waals surface area contributed by atoms with Gasteiger partial charge in [-0.25, -0.2) is 0 Å². The molecule has 2 aliphatic rings. The zero-order chi connectivity index (χ0) is 33.8. The van der Waals surface area contributed by atoms with Crippen LogP contribution < -0.4 is 10.6 Å². The van der Waals surface area contributed by atoms with E-state index in [9.17, 15) is 19.8 Å². The fraction of sp³-hybridized carbons (Fsp3) is 0.158. The molecule has 6 aromatic rings. The van der Waals surface area contributed by atoms with Crippen LogP contribution in [0.4, 0.5) is 11.4 Å². The van der Waals surface area contributed by atoms with Crippen molar-refractivity contribution in [2.75, 3.05) is 10.6 Å². The summed E-state index contributed by atoms with van der Waals surface area (Å²) < 4.78 is 10.5. The maximum absolute atomic E-state index is 12.5. The molecule has 0 saturated heterocycles. The second-order valence-corrected chi connectivity index (χ2v) is 12.0. The van der Waals surface area contributed by atoms with Crippen LogP contribution in [0.25, 0.3) is 22.3 Å². The molecule has 4 N–H and O–H groups in total. The van der Waals surface area contributed by atoms with Gasteiger partial charge in [-0.1, -0.05) is 83.1 Å². The lowest BCUT2D eigenvalue weighted by Gasteiger charge is -2.21. The molecular formula is C38H32N4O6. The van der Waals surface area contributed by atoms with Crippen LogP contribution in [-0.2, 0) is 20.8 Å². The highest BCUT2D eigenvalue weighted by atomic mass is 16.5. The summed E-state index contributed by atoms with van der Waals surface area (Å²) in [7, 11) is 0. The number of nitrogens with one attached hydrogen (secondary N) is 2. The lowest BCUT2D eigenvalue weighted by molar-refractivity contribution is -0.130. The van der Waals surface area contributed by atoms with Crippen molar-refractivity contribution in [1.29, 1.82) is 0 Å². The van der Waals surface area contributed by atoms with Gasteiger partial charge >= 0.3 is 0 Å². The van der Waals surface area contributed by atoms with E-state index in [1.165, 1.54) is 0 Å². The van der Waals surface area contributed by atoms with Crippen LogP contribution >= 0.6 is 0 Å². The summed E-state index contributed by atoms with van der Waals surface area (Å²) >= 11 is 0. The van der Waals surface area contributed by atoms with Gasteiger partial charge in [-0.15, -0.1) is 0 Å². The van der Waals surface area contributed by atoms with Gasteiger partial charge in [0, 0.05) is 33.6 Å². The van der Waals surface area contributed by atoms with E-state index in [0.29, 0.717) is 45.1 Å². The number of benzene rings is 4. The molecule has 0 spiro atoms. The normalized spacial score (nSPS) is 19.2. The summed E-state index contributed by atoms with van der Waals surface area (Å²) in [5, 5.41) is 35.9. The van der Waals surface area contributed by atoms with Gasteiger partial charge in [-0.3, -0.25) is 9.59 Å². The van der Waals surface area contributed by atoms with E-state index in [2.05, 4.69) is 20.9 Å².